The third-order valence-electron chi connectivity index (χ3n) is 18.3. The summed E-state index contributed by atoms with van der Waals surface area (Å²) >= 11 is 0. The fourth-order valence-electron chi connectivity index (χ4n) is 12.7. The Hall–Kier alpha value is -4.29. The van der Waals surface area contributed by atoms with Crippen LogP contribution in [0.15, 0.2) is 91.0 Å². The lowest BCUT2D eigenvalue weighted by atomic mass is 10.1. The van der Waals surface area contributed by atoms with Gasteiger partial charge in [-0.3, -0.25) is 0 Å². The summed E-state index contributed by atoms with van der Waals surface area (Å²) in [6.07, 6.45) is 15.1. The number of ether oxygens (including phenoxy) is 2. The lowest BCUT2D eigenvalue weighted by Gasteiger charge is -2.32. The number of rotatable bonds is 17. The van der Waals surface area contributed by atoms with Crippen molar-refractivity contribution in [3.8, 4) is 0 Å². The first-order chi connectivity index (χ1) is 37.2. The van der Waals surface area contributed by atoms with Crippen LogP contribution in [0.1, 0.15) is 174 Å². The van der Waals surface area contributed by atoms with E-state index in [0.717, 1.165) is 74.8 Å². The molecule has 9 atom stereocenters. The third kappa shape index (κ3) is 17.1. The molecule has 11 nitrogen and oxygen atoms in total. The first-order valence-electron chi connectivity index (χ1n) is 30.7. The zero-order valence-corrected chi connectivity index (χ0v) is 49.5. The summed E-state index contributed by atoms with van der Waals surface area (Å²) in [5.41, 5.74) is 3.71. The van der Waals surface area contributed by atoms with Crippen LogP contribution in [-0.2, 0) is 14.3 Å². The van der Waals surface area contributed by atoms with E-state index in [1.54, 1.807) is 4.90 Å². The van der Waals surface area contributed by atoms with E-state index >= 15 is 0 Å². The number of likely N-dealkylation sites (tertiary alicyclic amines) is 2. The van der Waals surface area contributed by atoms with Crippen LogP contribution >= 0.6 is 0 Å². The first-order valence-corrected chi connectivity index (χ1v) is 30.7. The molecule has 9 aliphatic rings. The standard InChI is InChI=1S/C24H36N2O2.C19H28N2.C19H25NO3.C5H11N/c1-18-10-13-25(15-18)16-24(11-12-24)17-26(22(27)28-23(2,3)4)21-14-20(21)19-8-6-5-7-9-19;1-15-7-10-21(12-15)14-19(8-9-19)13-20-18-11-17(18)16-5-3-2-4-6-16;1-18(2,3)23-17(22)20(12-19(13-21)9-10-19)16-11-15(16)14-7-5-4-6-8-14;1-5-2-3-6-4-5/h5-9,18,20-21H,10-17H2,1-4H3;2-6,15,17-18,20H,7-14H2,1H3;4-8,13,15-16H,9-12H2,1-3H3;5-6H,2-4H2,1H3/t18?,20?,21-;15?,17?,18-;15?,16-;/m000./s1. The van der Waals surface area contributed by atoms with Gasteiger partial charge in [-0.1, -0.05) is 112 Å². The summed E-state index contributed by atoms with van der Waals surface area (Å²) in [5.74, 6) is 4.24. The highest BCUT2D eigenvalue weighted by molar-refractivity contribution is 5.72. The molecule has 3 saturated heterocycles. The Morgan fingerprint density at radius 2 is 1.05 bits per heavy atom. The van der Waals surface area contributed by atoms with Gasteiger partial charge in [0.2, 0.25) is 0 Å². The second-order valence-corrected chi connectivity index (χ2v) is 28.4. The number of nitrogens with one attached hydrogen (secondary N) is 2. The minimum absolute atomic E-state index is 0.128. The molecule has 0 aromatic heterocycles. The minimum atomic E-state index is -0.523. The van der Waals surface area contributed by atoms with E-state index in [9.17, 15) is 14.4 Å². The highest BCUT2D eigenvalue weighted by atomic mass is 16.6. The molecular weight excluding hydrogens is 969 g/mol. The van der Waals surface area contributed by atoms with Crippen LogP contribution < -0.4 is 10.6 Å². The molecule has 12 rings (SSSR count). The maximum atomic E-state index is 13.1. The maximum Gasteiger partial charge on any atom is 0.410 e. The fourth-order valence-corrected chi connectivity index (χ4v) is 12.7. The number of nitrogens with zero attached hydrogens (tertiary/aromatic N) is 4. The molecule has 0 radical (unpaired) electrons. The van der Waals surface area contributed by atoms with Crippen LogP contribution in [0.5, 0.6) is 0 Å². The van der Waals surface area contributed by atoms with Crippen LogP contribution in [0.3, 0.4) is 0 Å². The number of hydrogen-bond donors (Lipinski definition) is 2. The van der Waals surface area contributed by atoms with Gasteiger partial charge < -0.3 is 44.5 Å². The lowest BCUT2D eigenvalue weighted by Crippen LogP contribution is -2.44. The molecule has 3 aromatic rings. The van der Waals surface area contributed by atoms with E-state index < -0.39 is 11.2 Å². The van der Waals surface area contributed by atoms with Crippen molar-refractivity contribution in [1.29, 1.82) is 0 Å². The number of benzene rings is 3. The maximum absolute atomic E-state index is 13.1. The van der Waals surface area contributed by atoms with Crippen LogP contribution in [-0.4, -0.2) is 139 Å². The second-order valence-electron chi connectivity index (χ2n) is 28.4. The number of carbonyl (C=O) groups excluding carboxylic acids is 3. The predicted octanol–water partition coefficient (Wildman–Crippen LogP) is 12.5. The van der Waals surface area contributed by atoms with E-state index in [-0.39, 0.29) is 35.1 Å². The van der Waals surface area contributed by atoms with Crippen molar-refractivity contribution in [2.24, 2.45) is 34.0 Å². The molecule has 0 bridgehead atoms. The van der Waals surface area contributed by atoms with Crippen molar-refractivity contribution in [1.82, 2.24) is 30.2 Å². The molecule has 6 saturated carbocycles. The average Bonchev–Trinajstić information content (AvgIpc) is 4.25. The monoisotopic (exact) mass is 1070 g/mol. The van der Waals surface area contributed by atoms with Gasteiger partial charge in [0.25, 0.3) is 0 Å². The molecular formula is C67H100N6O5. The van der Waals surface area contributed by atoms with Crippen molar-refractivity contribution in [3.63, 3.8) is 0 Å². The Kier molecular flexibility index (Phi) is 18.6. The van der Waals surface area contributed by atoms with Gasteiger partial charge >= 0.3 is 12.2 Å². The smallest absolute Gasteiger partial charge is 0.410 e. The topological polar surface area (TPSA) is 107 Å². The van der Waals surface area contributed by atoms with E-state index in [4.69, 9.17) is 9.47 Å². The molecule has 6 aliphatic carbocycles. The van der Waals surface area contributed by atoms with Gasteiger partial charge in [-0.25, -0.2) is 9.59 Å². The highest BCUT2D eigenvalue weighted by Crippen LogP contribution is 2.53. The number of carbonyl (C=O) groups is 3. The SMILES string of the molecule is CC(C)(C)OC(=O)N(CC1(C=O)CC1)[C@H]1CC1c1ccccc1.CC1CCN(CC2(CN(C(=O)OC(C)(C)C)[C@H]3CC3c3ccccc3)CC2)C1.CC1CCN(CC2(CN[C@H]3CC3c3ccccc3)CC2)C1.CC1CCNC1. The summed E-state index contributed by atoms with van der Waals surface area (Å²) < 4.78 is 11.4. The van der Waals surface area contributed by atoms with Gasteiger partial charge in [0.15, 0.2) is 0 Å². The predicted molar refractivity (Wildman–Crippen MR) is 315 cm³/mol. The van der Waals surface area contributed by atoms with Gasteiger partial charge in [0.1, 0.15) is 17.5 Å². The van der Waals surface area contributed by atoms with Gasteiger partial charge in [0, 0.05) is 92.5 Å². The molecule has 3 aromatic carbocycles. The Bertz CT molecular complexity index is 2390. The molecule has 11 heteroatoms. The zero-order valence-electron chi connectivity index (χ0n) is 49.5. The minimum Gasteiger partial charge on any atom is -0.444 e. The van der Waals surface area contributed by atoms with Crippen LogP contribution in [0.25, 0.3) is 0 Å². The lowest BCUT2D eigenvalue weighted by molar-refractivity contribution is -0.112. The molecule has 78 heavy (non-hydrogen) atoms. The van der Waals surface area contributed by atoms with E-state index in [1.807, 2.05) is 59.7 Å². The average molecular weight is 1070 g/mol. The van der Waals surface area contributed by atoms with E-state index in [0.29, 0.717) is 23.8 Å². The van der Waals surface area contributed by atoms with Crippen LogP contribution in [0, 0.1) is 34.0 Å². The van der Waals surface area contributed by atoms with Crippen molar-refractivity contribution in [3.05, 3.63) is 108 Å². The molecule has 2 amide bonds. The van der Waals surface area contributed by atoms with Gasteiger partial charge in [0.05, 0.1) is 0 Å². The van der Waals surface area contributed by atoms with Gasteiger partial charge in [-0.15, -0.1) is 0 Å². The fraction of sp³-hybridized carbons (Fsp3) is 0.687. The molecule has 9 fully saturated rings. The Balaban J connectivity index is 0.000000136. The largest absolute Gasteiger partial charge is 0.444 e. The van der Waals surface area contributed by atoms with Crippen molar-refractivity contribution >= 4 is 18.5 Å². The summed E-state index contributed by atoms with van der Waals surface area (Å²) in [6.45, 7) is 31.1. The normalized spacial score (nSPS) is 29.4. The van der Waals surface area contributed by atoms with Crippen molar-refractivity contribution in [2.45, 2.75) is 186 Å². The van der Waals surface area contributed by atoms with Crippen molar-refractivity contribution in [2.75, 3.05) is 72.0 Å². The zero-order chi connectivity index (χ0) is 55.3. The molecule has 3 aliphatic heterocycles. The number of amides is 2. The first kappa shape index (κ1) is 58.4. The molecule has 428 valence electrons. The summed E-state index contributed by atoms with van der Waals surface area (Å²) in [5, 5.41) is 7.14. The quantitative estimate of drug-likeness (QED) is 0.128. The highest BCUT2D eigenvalue weighted by Gasteiger charge is 2.54. The summed E-state index contributed by atoms with van der Waals surface area (Å²) in [7, 11) is 0. The molecule has 6 unspecified atom stereocenters. The summed E-state index contributed by atoms with van der Waals surface area (Å²) in [6, 6.07) is 33.1. The van der Waals surface area contributed by atoms with Crippen LogP contribution in [0.4, 0.5) is 9.59 Å². The van der Waals surface area contributed by atoms with Crippen LogP contribution in [0.2, 0.25) is 0 Å². The Morgan fingerprint density at radius 1 is 0.603 bits per heavy atom. The Morgan fingerprint density at radius 3 is 1.41 bits per heavy atom. The van der Waals surface area contributed by atoms with E-state index in [1.165, 1.54) is 120 Å². The van der Waals surface area contributed by atoms with Crippen molar-refractivity contribution < 1.29 is 23.9 Å². The molecule has 0 spiro atoms. The van der Waals surface area contributed by atoms with Gasteiger partial charge in [-0.05, 0) is 185 Å². The third-order valence-corrected chi connectivity index (χ3v) is 18.3. The number of aldehydes is 1. The van der Waals surface area contributed by atoms with Gasteiger partial charge in [-0.2, -0.15) is 0 Å². The second kappa shape index (κ2) is 24.8. The summed E-state index contributed by atoms with van der Waals surface area (Å²) in [4.78, 5) is 46.3. The Labute approximate surface area is 470 Å². The molecule has 3 heterocycles. The van der Waals surface area contributed by atoms with E-state index in [2.05, 4.69) is 119 Å². The number of hydrogen-bond acceptors (Lipinski definition) is 9. The molecule has 2 N–H and O–H groups in total.